The average molecular weight is 224 g/mol. The molecule has 3 rings (SSSR count). The number of aliphatic hydroxyl groups is 1. The molecule has 0 radical (unpaired) electrons. The fourth-order valence-electron chi connectivity index (χ4n) is 2.07. The second-order valence-electron chi connectivity index (χ2n) is 3.98. The van der Waals surface area contributed by atoms with Crippen molar-refractivity contribution in [2.24, 2.45) is 0 Å². The molecule has 2 aromatic heterocycles. The van der Waals surface area contributed by atoms with Crippen molar-refractivity contribution < 1.29 is 5.11 Å². The molecule has 84 valence electrons. The topological polar surface area (TPSA) is 48.9 Å². The van der Waals surface area contributed by atoms with Crippen molar-refractivity contribution in [3.05, 3.63) is 66.1 Å². The Morgan fingerprint density at radius 3 is 2.88 bits per heavy atom. The van der Waals surface area contributed by atoms with E-state index < -0.39 is 6.10 Å². The number of hydrogen-bond acceptors (Lipinski definition) is 2. The van der Waals surface area contributed by atoms with Crippen molar-refractivity contribution in [1.29, 1.82) is 0 Å². The molecule has 17 heavy (non-hydrogen) atoms. The Morgan fingerprint density at radius 2 is 2.06 bits per heavy atom. The van der Waals surface area contributed by atoms with Crippen molar-refractivity contribution in [2.45, 2.75) is 6.10 Å². The molecule has 0 spiro atoms. The average Bonchev–Trinajstić information content (AvgIpc) is 2.87. The lowest BCUT2D eigenvalue weighted by Crippen LogP contribution is -2.00. The first kappa shape index (κ1) is 10.1. The van der Waals surface area contributed by atoms with Gasteiger partial charge >= 0.3 is 0 Å². The monoisotopic (exact) mass is 224 g/mol. The first-order valence-electron chi connectivity index (χ1n) is 5.50. The molecule has 2 heterocycles. The molecule has 0 saturated carbocycles. The van der Waals surface area contributed by atoms with Crippen molar-refractivity contribution >= 4 is 10.9 Å². The van der Waals surface area contributed by atoms with E-state index in [4.69, 9.17) is 0 Å². The minimum Gasteiger partial charge on any atom is -0.384 e. The van der Waals surface area contributed by atoms with Crippen molar-refractivity contribution in [2.75, 3.05) is 0 Å². The Bertz CT molecular complexity index is 631. The van der Waals surface area contributed by atoms with Gasteiger partial charge in [0.1, 0.15) is 6.10 Å². The summed E-state index contributed by atoms with van der Waals surface area (Å²) < 4.78 is 0. The summed E-state index contributed by atoms with van der Waals surface area (Å²) in [6.45, 7) is 0. The highest BCUT2D eigenvalue weighted by molar-refractivity contribution is 5.83. The third-order valence-corrected chi connectivity index (χ3v) is 2.92. The van der Waals surface area contributed by atoms with Crippen LogP contribution in [-0.2, 0) is 0 Å². The Balaban J connectivity index is 2.13. The second-order valence-corrected chi connectivity index (χ2v) is 3.98. The van der Waals surface area contributed by atoms with Crippen LogP contribution in [0.1, 0.15) is 17.2 Å². The Morgan fingerprint density at radius 1 is 1.12 bits per heavy atom. The van der Waals surface area contributed by atoms with Gasteiger partial charge in [-0.1, -0.05) is 18.2 Å². The van der Waals surface area contributed by atoms with E-state index in [9.17, 15) is 5.11 Å². The lowest BCUT2D eigenvalue weighted by Gasteiger charge is -2.12. The fraction of sp³-hybridized carbons (Fsp3) is 0.0714. The van der Waals surface area contributed by atoms with Gasteiger partial charge in [0.15, 0.2) is 0 Å². The van der Waals surface area contributed by atoms with Crippen molar-refractivity contribution in [1.82, 2.24) is 9.97 Å². The summed E-state index contributed by atoms with van der Waals surface area (Å²) >= 11 is 0. The molecule has 3 aromatic rings. The van der Waals surface area contributed by atoms with E-state index in [1.54, 1.807) is 12.4 Å². The molecule has 0 saturated heterocycles. The van der Waals surface area contributed by atoms with Crippen LogP contribution in [0.15, 0.2) is 55.0 Å². The van der Waals surface area contributed by atoms with E-state index in [1.165, 1.54) is 0 Å². The van der Waals surface area contributed by atoms with Crippen LogP contribution in [0.5, 0.6) is 0 Å². The van der Waals surface area contributed by atoms with E-state index in [2.05, 4.69) is 9.97 Å². The van der Waals surface area contributed by atoms with Gasteiger partial charge in [0.2, 0.25) is 0 Å². The van der Waals surface area contributed by atoms with Gasteiger partial charge in [0, 0.05) is 35.1 Å². The Hall–Kier alpha value is -2.13. The zero-order chi connectivity index (χ0) is 11.7. The molecule has 0 aliphatic carbocycles. The number of aromatic nitrogens is 2. The zero-order valence-electron chi connectivity index (χ0n) is 9.17. The predicted molar refractivity (Wildman–Crippen MR) is 66.6 cm³/mol. The van der Waals surface area contributed by atoms with Crippen LogP contribution in [0.2, 0.25) is 0 Å². The zero-order valence-corrected chi connectivity index (χ0v) is 9.17. The van der Waals surface area contributed by atoms with Gasteiger partial charge in [-0.3, -0.25) is 4.98 Å². The number of rotatable bonds is 2. The maximum atomic E-state index is 10.4. The molecule has 0 bridgehead atoms. The van der Waals surface area contributed by atoms with Crippen LogP contribution in [0, 0.1) is 0 Å². The molecule has 0 aliphatic rings. The highest BCUT2D eigenvalue weighted by Crippen LogP contribution is 2.27. The van der Waals surface area contributed by atoms with E-state index in [1.807, 2.05) is 42.6 Å². The smallest absolute Gasteiger partial charge is 0.106 e. The number of benzene rings is 1. The number of nitrogens with one attached hydrogen (secondary N) is 1. The summed E-state index contributed by atoms with van der Waals surface area (Å²) in [5.41, 5.74) is 2.74. The molecule has 0 fully saturated rings. The van der Waals surface area contributed by atoms with Crippen LogP contribution in [-0.4, -0.2) is 15.1 Å². The largest absolute Gasteiger partial charge is 0.384 e. The Kier molecular flexibility index (Phi) is 2.38. The van der Waals surface area contributed by atoms with Gasteiger partial charge in [0.25, 0.3) is 0 Å². The predicted octanol–water partition coefficient (Wildman–Crippen LogP) is 2.64. The summed E-state index contributed by atoms with van der Waals surface area (Å²) in [6.07, 6.45) is 4.64. The molecule has 2 N–H and O–H groups in total. The molecule has 1 atom stereocenters. The van der Waals surface area contributed by atoms with E-state index in [-0.39, 0.29) is 0 Å². The molecule has 3 heteroatoms. The molecule has 0 aliphatic heterocycles. The summed E-state index contributed by atoms with van der Waals surface area (Å²) in [5.74, 6) is 0. The lowest BCUT2D eigenvalue weighted by molar-refractivity contribution is 0.221. The second kappa shape index (κ2) is 4.03. The number of H-pyrrole nitrogens is 1. The number of aliphatic hydroxyl groups excluding tert-OH is 1. The maximum Gasteiger partial charge on any atom is 0.106 e. The molecule has 1 aromatic carbocycles. The maximum absolute atomic E-state index is 10.4. The van der Waals surface area contributed by atoms with Gasteiger partial charge in [-0.05, 0) is 23.8 Å². The highest BCUT2D eigenvalue weighted by atomic mass is 16.3. The fourth-order valence-corrected chi connectivity index (χ4v) is 2.07. The lowest BCUT2D eigenvalue weighted by atomic mass is 10.00. The van der Waals surface area contributed by atoms with Gasteiger partial charge in [-0.2, -0.15) is 0 Å². The number of hydrogen-bond donors (Lipinski definition) is 2. The minimum atomic E-state index is -0.636. The third-order valence-electron chi connectivity index (χ3n) is 2.92. The standard InChI is InChI=1S/C14H12N2O/c17-14(10-3-2-7-15-9-10)12-4-1-5-13-11(12)6-8-16-13/h1-9,14,16-17H. The first-order chi connectivity index (χ1) is 8.36. The third kappa shape index (κ3) is 1.70. The van der Waals surface area contributed by atoms with Crippen LogP contribution >= 0.6 is 0 Å². The number of nitrogens with zero attached hydrogens (tertiary/aromatic N) is 1. The molecular formula is C14H12N2O. The minimum absolute atomic E-state index is 0.636. The quantitative estimate of drug-likeness (QED) is 0.703. The van der Waals surface area contributed by atoms with Gasteiger partial charge in [-0.25, -0.2) is 0 Å². The number of fused-ring (bicyclic) bond motifs is 1. The first-order valence-corrected chi connectivity index (χ1v) is 5.50. The summed E-state index contributed by atoms with van der Waals surface area (Å²) in [6, 6.07) is 11.6. The van der Waals surface area contributed by atoms with E-state index >= 15 is 0 Å². The van der Waals surface area contributed by atoms with Crippen molar-refractivity contribution in [3.8, 4) is 0 Å². The van der Waals surface area contributed by atoms with Crippen LogP contribution < -0.4 is 0 Å². The van der Waals surface area contributed by atoms with E-state index in [0.29, 0.717) is 0 Å². The highest BCUT2D eigenvalue weighted by Gasteiger charge is 2.13. The molecule has 0 amide bonds. The number of aromatic amines is 1. The van der Waals surface area contributed by atoms with Gasteiger partial charge in [0.05, 0.1) is 0 Å². The van der Waals surface area contributed by atoms with E-state index in [0.717, 1.165) is 22.0 Å². The normalized spacial score (nSPS) is 12.8. The number of pyridine rings is 1. The molecular weight excluding hydrogens is 212 g/mol. The van der Waals surface area contributed by atoms with Gasteiger partial charge < -0.3 is 10.1 Å². The van der Waals surface area contributed by atoms with Crippen molar-refractivity contribution in [3.63, 3.8) is 0 Å². The molecule has 1 unspecified atom stereocenters. The summed E-state index contributed by atoms with van der Waals surface area (Å²) in [7, 11) is 0. The summed E-state index contributed by atoms with van der Waals surface area (Å²) in [4.78, 5) is 7.17. The Labute approximate surface area is 98.8 Å². The van der Waals surface area contributed by atoms with Crippen LogP contribution in [0.25, 0.3) is 10.9 Å². The van der Waals surface area contributed by atoms with Crippen LogP contribution in [0.4, 0.5) is 0 Å². The van der Waals surface area contributed by atoms with Crippen LogP contribution in [0.3, 0.4) is 0 Å². The van der Waals surface area contributed by atoms with Gasteiger partial charge in [-0.15, -0.1) is 0 Å². The SMILES string of the molecule is OC(c1cccnc1)c1cccc2[nH]ccc12. The summed E-state index contributed by atoms with van der Waals surface area (Å²) in [5, 5.41) is 11.4. The molecule has 3 nitrogen and oxygen atoms in total.